The second kappa shape index (κ2) is 8.31. The average Bonchev–Trinajstić information content (AvgIpc) is 2.37. The molecule has 0 aromatic heterocycles. The molecule has 1 aromatic rings. The largest absolute Gasteiger partial charge is 0.390 e. The van der Waals surface area contributed by atoms with Crippen LogP contribution in [0.25, 0.3) is 0 Å². The number of hydrogen-bond donors (Lipinski definition) is 2. The van der Waals surface area contributed by atoms with E-state index in [-0.39, 0.29) is 6.10 Å². The first-order valence-corrected chi connectivity index (χ1v) is 7.15. The Balaban J connectivity index is 2.34. The van der Waals surface area contributed by atoms with Crippen molar-refractivity contribution in [2.75, 3.05) is 27.2 Å². The van der Waals surface area contributed by atoms with Gasteiger partial charge >= 0.3 is 0 Å². The lowest BCUT2D eigenvalue weighted by atomic mass is 9.98. The minimum atomic E-state index is -0.311. The van der Waals surface area contributed by atoms with Gasteiger partial charge in [0.15, 0.2) is 0 Å². The predicted molar refractivity (Wildman–Crippen MR) is 81.4 cm³/mol. The molecule has 0 aliphatic rings. The zero-order chi connectivity index (χ0) is 14.3. The first kappa shape index (κ1) is 16.2. The normalized spacial score (nSPS) is 14.6. The Morgan fingerprint density at radius 1 is 1.21 bits per heavy atom. The molecule has 2 N–H and O–H groups in total. The van der Waals surface area contributed by atoms with E-state index in [2.05, 4.69) is 43.4 Å². The van der Waals surface area contributed by atoms with E-state index < -0.39 is 0 Å². The van der Waals surface area contributed by atoms with E-state index >= 15 is 0 Å². The van der Waals surface area contributed by atoms with E-state index in [9.17, 15) is 5.11 Å². The molecule has 0 bridgehead atoms. The van der Waals surface area contributed by atoms with Gasteiger partial charge in [-0.3, -0.25) is 0 Å². The Hall–Kier alpha value is -0.900. The number of nitrogens with zero attached hydrogens (tertiary/aromatic N) is 1. The second-order valence-electron chi connectivity index (χ2n) is 5.60. The Bertz CT molecular complexity index is 348. The van der Waals surface area contributed by atoms with Gasteiger partial charge in [0.1, 0.15) is 0 Å². The summed E-state index contributed by atoms with van der Waals surface area (Å²) in [5.74, 6) is 0.629. The first-order valence-electron chi connectivity index (χ1n) is 7.15. The number of nitrogens with one attached hydrogen (secondary N) is 1. The van der Waals surface area contributed by atoms with Gasteiger partial charge in [-0.15, -0.1) is 0 Å². The van der Waals surface area contributed by atoms with Gasteiger partial charge in [0.2, 0.25) is 0 Å². The number of hydrogen-bond acceptors (Lipinski definition) is 3. The molecule has 0 amide bonds. The highest BCUT2D eigenvalue weighted by Gasteiger charge is 2.05. The van der Waals surface area contributed by atoms with Gasteiger partial charge in [-0.1, -0.05) is 38.1 Å². The van der Waals surface area contributed by atoms with Crippen LogP contribution in [0, 0.1) is 0 Å². The van der Waals surface area contributed by atoms with Gasteiger partial charge in [0.05, 0.1) is 6.10 Å². The van der Waals surface area contributed by atoms with Crippen molar-refractivity contribution >= 4 is 0 Å². The van der Waals surface area contributed by atoms with Gasteiger partial charge < -0.3 is 15.3 Å². The van der Waals surface area contributed by atoms with E-state index in [4.69, 9.17) is 0 Å². The highest BCUT2D eigenvalue weighted by atomic mass is 16.3. The highest BCUT2D eigenvalue weighted by Crippen LogP contribution is 2.18. The molecule has 1 aromatic carbocycles. The highest BCUT2D eigenvalue weighted by molar-refractivity contribution is 5.24. The molecule has 0 aliphatic heterocycles. The summed E-state index contributed by atoms with van der Waals surface area (Å²) >= 11 is 0. The van der Waals surface area contributed by atoms with Crippen molar-refractivity contribution in [2.24, 2.45) is 0 Å². The summed E-state index contributed by atoms with van der Waals surface area (Å²) in [6, 6.07) is 8.77. The van der Waals surface area contributed by atoms with Crippen LogP contribution in [0.5, 0.6) is 0 Å². The van der Waals surface area contributed by atoms with Crippen molar-refractivity contribution in [3.8, 4) is 0 Å². The Labute approximate surface area is 117 Å². The molecule has 0 saturated carbocycles. The van der Waals surface area contributed by atoms with E-state index in [0.717, 1.165) is 6.54 Å². The van der Waals surface area contributed by atoms with Crippen LogP contribution in [0.1, 0.15) is 37.3 Å². The molecule has 3 nitrogen and oxygen atoms in total. The van der Waals surface area contributed by atoms with Gasteiger partial charge in [0.25, 0.3) is 0 Å². The first-order chi connectivity index (χ1) is 9.02. The quantitative estimate of drug-likeness (QED) is 0.755. The molecule has 0 fully saturated rings. The fourth-order valence-corrected chi connectivity index (χ4v) is 2.07. The molecule has 0 saturated heterocycles. The van der Waals surface area contributed by atoms with Crippen LogP contribution < -0.4 is 5.32 Å². The minimum Gasteiger partial charge on any atom is -0.390 e. The second-order valence-corrected chi connectivity index (χ2v) is 5.60. The third-order valence-electron chi connectivity index (χ3n) is 3.45. The van der Waals surface area contributed by atoms with Crippen LogP contribution in [-0.4, -0.2) is 43.3 Å². The fourth-order valence-electron chi connectivity index (χ4n) is 2.07. The number of aliphatic hydroxyl groups excluding tert-OH is 1. The third-order valence-corrected chi connectivity index (χ3v) is 3.45. The molecular formula is C16H28N2O. The smallest absolute Gasteiger partial charge is 0.0791 e. The number of likely N-dealkylation sites (N-methyl/N-ethyl adjacent to an activating group) is 1. The summed E-state index contributed by atoms with van der Waals surface area (Å²) in [5.41, 5.74) is 2.67. The van der Waals surface area contributed by atoms with Gasteiger partial charge in [-0.05, 0) is 37.6 Å². The Kier molecular flexibility index (Phi) is 7.06. The summed E-state index contributed by atoms with van der Waals surface area (Å²) in [5, 5.41) is 13.0. The summed E-state index contributed by atoms with van der Waals surface area (Å²) in [6.45, 7) is 6.60. The van der Waals surface area contributed by atoms with Gasteiger partial charge in [-0.2, -0.15) is 0 Å². The summed E-state index contributed by atoms with van der Waals surface area (Å²) in [4.78, 5) is 1.99. The van der Waals surface area contributed by atoms with Gasteiger partial charge in [-0.25, -0.2) is 0 Å². The van der Waals surface area contributed by atoms with Crippen LogP contribution in [0.4, 0.5) is 0 Å². The minimum absolute atomic E-state index is 0.311. The van der Waals surface area contributed by atoms with E-state index in [1.807, 2.05) is 19.0 Å². The van der Waals surface area contributed by atoms with E-state index in [1.165, 1.54) is 17.5 Å². The lowest BCUT2D eigenvalue weighted by Gasteiger charge is -2.16. The van der Waals surface area contributed by atoms with Crippen LogP contribution in [0.2, 0.25) is 0 Å². The average molecular weight is 264 g/mol. The standard InChI is InChI=1S/C16H28N2O/c1-5-13(2)15-8-6-14(7-9-15)10-17-11-16(19)12-18(3)4/h6-9,13,16-17,19H,5,10-12H2,1-4H3. The summed E-state index contributed by atoms with van der Waals surface area (Å²) in [7, 11) is 3.94. The van der Waals surface area contributed by atoms with Crippen molar-refractivity contribution in [3.05, 3.63) is 35.4 Å². The zero-order valence-electron chi connectivity index (χ0n) is 12.7. The SMILES string of the molecule is CCC(C)c1ccc(CNCC(O)CN(C)C)cc1. The maximum Gasteiger partial charge on any atom is 0.0791 e. The lowest BCUT2D eigenvalue weighted by molar-refractivity contribution is 0.134. The van der Waals surface area contributed by atoms with Crippen LogP contribution in [0.15, 0.2) is 24.3 Å². The number of rotatable bonds is 8. The van der Waals surface area contributed by atoms with Crippen LogP contribution in [-0.2, 0) is 6.54 Å². The van der Waals surface area contributed by atoms with Gasteiger partial charge in [0, 0.05) is 19.6 Å². The molecule has 3 heteroatoms. The molecular weight excluding hydrogens is 236 g/mol. The van der Waals surface area contributed by atoms with Crippen molar-refractivity contribution < 1.29 is 5.11 Å². The monoisotopic (exact) mass is 264 g/mol. The topological polar surface area (TPSA) is 35.5 Å². The molecule has 0 spiro atoms. The van der Waals surface area contributed by atoms with E-state index in [0.29, 0.717) is 19.0 Å². The molecule has 2 unspecified atom stereocenters. The predicted octanol–water partition coefficient (Wildman–Crippen LogP) is 2.21. The molecule has 0 radical (unpaired) electrons. The molecule has 0 aliphatic carbocycles. The maximum absolute atomic E-state index is 9.74. The number of aliphatic hydroxyl groups is 1. The molecule has 1 rings (SSSR count). The third kappa shape index (κ3) is 6.19. The zero-order valence-corrected chi connectivity index (χ0v) is 12.7. The summed E-state index contributed by atoms with van der Waals surface area (Å²) < 4.78 is 0. The Morgan fingerprint density at radius 2 is 1.84 bits per heavy atom. The van der Waals surface area contributed by atoms with E-state index in [1.54, 1.807) is 0 Å². The Morgan fingerprint density at radius 3 is 2.37 bits per heavy atom. The number of benzene rings is 1. The van der Waals surface area contributed by atoms with Crippen LogP contribution in [0.3, 0.4) is 0 Å². The van der Waals surface area contributed by atoms with Crippen molar-refractivity contribution in [3.63, 3.8) is 0 Å². The van der Waals surface area contributed by atoms with Crippen LogP contribution >= 0.6 is 0 Å². The van der Waals surface area contributed by atoms with Crippen molar-refractivity contribution in [2.45, 2.75) is 38.8 Å². The van der Waals surface area contributed by atoms with Crippen molar-refractivity contribution in [1.82, 2.24) is 10.2 Å². The molecule has 2 atom stereocenters. The lowest BCUT2D eigenvalue weighted by Crippen LogP contribution is -2.34. The molecule has 0 heterocycles. The molecule has 19 heavy (non-hydrogen) atoms. The molecule has 108 valence electrons. The maximum atomic E-state index is 9.74. The summed E-state index contributed by atoms with van der Waals surface area (Å²) in [6.07, 6.45) is 0.864. The van der Waals surface area contributed by atoms with Crippen molar-refractivity contribution in [1.29, 1.82) is 0 Å². The fraction of sp³-hybridized carbons (Fsp3) is 0.625.